The summed E-state index contributed by atoms with van der Waals surface area (Å²) < 4.78 is 2.09. The second-order valence-electron chi connectivity index (χ2n) is 3.68. The number of hydrogen-bond acceptors (Lipinski definition) is 2. The SMILES string of the molecule is CCCn1ccnc1-c1cc(Cl)ccc1N. The zero-order valence-corrected chi connectivity index (χ0v) is 9.91. The maximum absolute atomic E-state index is 5.97. The minimum atomic E-state index is 0.676. The van der Waals surface area contributed by atoms with Crippen molar-refractivity contribution in [2.45, 2.75) is 19.9 Å². The van der Waals surface area contributed by atoms with Crippen LogP contribution in [0.4, 0.5) is 5.69 Å². The van der Waals surface area contributed by atoms with E-state index < -0.39 is 0 Å². The molecule has 1 aromatic heterocycles. The number of halogens is 1. The Kier molecular flexibility index (Phi) is 3.15. The second kappa shape index (κ2) is 4.58. The fourth-order valence-corrected chi connectivity index (χ4v) is 1.87. The van der Waals surface area contributed by atoms with Crippen LogP contribution in [-0.2, 0) is 6.54 Å². The molecule has 16 heavy (non-hydrogen) atoms. The summed E-state index contributed by atoms with van der Waals surface area (Å²) in [6.07, 6.45) is 4.80. The molecule has 2 aromatic rings. The van der Waals surface area contributed by atoms with Gasteiger partial charge in [-0.2, -0.15) is 0 Å². The molecule has 0 unspecified atom stereocenters. The molecular formula is C12H14ClN3. The van der Waals surface area contributed by atoms with E-state index in [2.05, 4.69) is 16.5 Å². The van der Waals surface area contributed by atoms with E-state index in [9.17, 15) is 0 Å². The van der Waals surface area contributed by atoms with Crippen molar-refractivity contribution < 1.29 is 0 Å². The molecule has 2 rings (SSSR count). The second-order valence-corrected chi connectivity index (χ2v) is 4.11. The predicted octanol–water partition coefficient (Wildman–Crippen LogP) is 3.20. The van der Waals surface area contributed by atoms with Gasteiger partial charge in [-0.25, -0.2) is 4.98 Å². The maximum atomic E-state index is 5.97. The van der Waals surface area contributed by atoms with E-state index in [1.54, 1.807) is 12.3 Å². The Morgan fingerprint density at radius 1 is 1.44 bits per heavy atom. The maximum Gasteiger partial charge on any atom is 0.142 e. The molecule has 0 fully saturated rings. The van der Waals surface area contributed by atoms with Crippen LogP contribution in [0.25, 0.3) is 11.4 Å². The van der Waals surface area contributed by atoms with Gasteiger partial charge in [-0.1, -0.05) is 18.5 Å². The van der Waals surface area contributed by atoms with Gasteiger partial charge in [0.2, 0.25) is 0 Å². The first-order chi connectivity index (χ1) is 7.72. The van der Waals surface area contributed by atoms with E-state index in [1.807, 2.05) is 18.3 Å². The van der Waals surface area contributed by atoms with Crippen molar-refractivity contribution in [1.29, 1.82) is 0 Å². The van der Waals surface area contributed by atoms with Gasteiger partial charge < -0.3 is 10.3 Å². The van der Waals surface area contributed by atoms with Crippen LogP contribution < -0.4 is 5.73 Å². The third kappa shape index (κ3) is 2.04. The highest BCUT2D eigenvalue weighted by Gasteiger charge is 2.09. The third-order valence-electron chi connectivity index (χ3n) is 2.44. The molecule has 1 aromatic carbocycles. The van der Waals surface area contributed by atoms with Gasteiger partial charge in [0.15, 0.2) is 0 Å². The number of imidazole rings is 1. The molecule has 0 spiro atoms. The molecule has 4 heteroatoms. The van der Waals surface area contributed by atoms with E-state index in [4.69, 9.17) is 17.3 Å². The average molecular weight is 236 g/mol. The van der Waals surface area contributed by atoms with Gasteiger partial charge in [0.05, 0.1) is 0 Å². The molecule has 84 valence electrons. The standard InChI is InChI=1S/C12H14ClN3/c1-2-6-16-7-5-15-12(16)10-8-9(13)3-4-11(10)14/h3-5,7-8H,2,6,14H2,1H3. The minimum Gasteiger partial charge on any atom is -0.398 e. The molecule has 2 N–H and O–H groups in total. The highest BCUT2D eigenvalue weighted by atomic mass is 35.5. The Labute approximate surface area is 99.9 Å². The molecule has 0 aliphatic heterocycles. The molecule has 0 saturated carbocycles. The lowest BCUT2D eigenvalue weighted by atomic mass is 10.1. The first kappa shape index (κ1) is 11.0. The molecule has 1 heterocycles. The van der Waals surface area contributed by atoms with Gasteiger partial charge in [-0.05, 0) is 24.6 Å². The number of nitrogen functional groups attached to an aromatic ring is 1. The van der Waals surface area contributed by atoms with Crippen LogP contribution in [-0.4, -0.2) is 9.55 Å². The smallest absolute Gasteiger partial charge is 0.142 e. The highest BCUT2D eigenvalue weighted by Crippen LogP contribution is 2.27. The molecule has 0 aliphatic rings. The van der Waals surface area contributed by atoms with Gasteiger partial charge >= 0.3 is 0 Å². The molecule has 0 radical (unpaired) electrons. The summed E-state index contributed by atoms with van der Waals surface area (Å²) in [5, 5.41) is 0.676. The van der Waals surface area contributed by atoms with Crippen molar-refractivity contribution in [3.63, 3.8) is 0 Å². The summed E-state index contributed by atoms with van der Waals surface area (Å²) in [6, 6.07) is 5.45. The molecule has 0 aliphatic carbocycles. The Hall–Kier alpha value is -1.48. The van der Waals surface area contributed by atoms with Gasteiger partial charge in [0.1, 0.15) is 5.82 Å². The summed E-state index contributed by atoms with van der Waals surface area (Å²) in [4.78, 5) is 4.33. The van der Waals surface area contributed by atoms with Crippen molar-refractivity contribution in [1.82, 2.24) is 9.55 Å². The number of hydrogen-bond donors (Lipinski definition) is 1. The highest BCUT2D eigenvalue weighted by molar-refractivity contribution is 6.31. The Morgan fingerprint density at radius 2 is 2.25 bits per heavy atom. The van der Waals surface area contributed by atoms with Crippen molar-refractivity contribution in [2.75, 3.05) is 5.73 Å². The van der Waals surface area contributed by atoms with E-state index in [1.165, 1.54) is 0 Å². The van der Waals surface area contributed by atoms with E-state index in [-0.39, 0.29) is 0 Å². The van der Waals surface area contributed by atoms with Crippen molar-refractivity contribution >= 4 is 17.3 Å². The monoisotopic (exact) mass is 235 g/mol. The zero-order chi connectivity index (χ0) is 11.5. The summed E-state index contributed by atoms with van der Waals surface area (Å²) >= 11 is 5.97. The van der Waals surface area contributed by atoms with Crippen molar-refractivity contribution in [3.05, 3.63) is 35.6 Å². The fourth-order valence-electron chi connectivity index (χ4n) is 1.70. The van der Waals surface area contributed by atoms with Crippen LogP contribution in [0.1, 0.15) is 13.3 Å². The molecule has 3 nitrogen and oxygen atoms in total. The quantitative estimate of drug-likeness (QED) is 0.831. The van der Waals surface area contributed by atoms with Gasteiger partial charge in [-0.3, -0.25) is 0 Å². The normalized spacial score (nSPS) is 10.6. The Bertz CT molecular complexity index is 491. The molecule has 0 bridgehead atoms. The van der Waals surface area contributed by atoms with Crippen LogP contribution in [0.2, 0.25) is 5.02 Å². The molecule has 0 amide bonds. The van der Waals surface area contributed by atoms with Crippen molar-refractivity contribution in [2.24, 2.45) is 0 Å². The summed E-state index contributed by atoms with van der Waals surface area (Å²) in [5.41, 5.74) is 7.53. The number of benzene rings is 1. The predicted molar refractivity (Wildman–Crippen MR) is 67.4 cm³/mol. The lowest BCUT2D eigenvalue weighted by Crippen LogP contribution is -2.00. The Balaban J connectivity index is 2.49. The molecule has 0 atom stereocenters. The van der Waals surface area contributed by atoms with E-state index >= 15 is 0 Å². The van der Waals surface area contributed by atoms with E-state index in [0.29, 0.717) is 10.7 Å². The number of aryl methyl sites for hydroxylation is 1. The Morgan fingerprint density at radius 3 is 3.00 bits per heavy atom. The van der Waals surface area contributed by atoms with Crippen LogP contribution in [0, 0.1) is 0 Å². The number of nitrogens with two attached hydrogens (primary N) is 1. The van der Waals surface area contributed by atoms with Gasteiger partial charge in [0.25, 0.3) is 0 Å². The molecular weight excluding hydrogens is 222 g/mol. The molecule has 0 saturated heterocycles. The first-order valence-electron chi connectivity index (χ1n) is 5.29. The first-order valence-corrected chi connectivity index (χ1v) is 5.66. The fraction of sp³-hybridized carbons (Fsp3) is 0.250. The lowest BCUT2D eigenvalue weighted by Gasteiger charge is -2.08. The zero-order valence-electron chi connectivity index (χ0n) is 9.15. The topological polar surface area (TPSA) is 43.8 Å². The minimum absolute atomic E-state index is 0.676. The summed E-state index contributed by atoms with van der Waals surface area (Å²) in [7, 11) is 0. The summed E-state index contributed by atoms with van der Waals surface area (Å²) in [6.45, 7) is 3.06. The number of rotatable bonds is 3. The number of anilines is 1. The number of nitrogens with zero attached hydrogens (tertiary/aromatic N) is 2. The summed E-state index contributed by atoms with van der Waals surface area (Å²) in [5.74, 6) is 0.877. The van der Waals surface area contributed by atoms with Crippen LogP contribution in [0.3, 0.4) is 0 Å². The van der Waals surface area contributed by atoms with Crippen molar-refractivity contribution in [3.8, 4) is 11.4 Å². The van der Waals surface area contributed by atoms with Gasteiger partial charge in [0, 0.05) is 35.2 Å². The van der Waals surface area contributed by atoms with Gasteiger partial charge in [-0.15, -0.1) is 0 Å². The third-order valence-corrected chi connectivity index (χ3v) is 2.67. The lowest BCUT2D eigenvalue weighted by molar-refractivity contribution is 0.685. The van der Waals surface area contributed by atoms with Crippen LogP contribution in [0.5, 0.6) is 0 Å². The van der Waals surface area contributed by atoms with E-state index in [0.717, 1.165) is 24.4 Å². The number of aromatic nitrogens is 2. The largest absolute Gasteiger partial charge is 0.398 e. The average Bonchev–Trinajstić information content (AvgIpc) is 2.70. The van der Waals surface area contributed by atoms with Crippen LogP contribution >= 0.6 is 11.6 Å². The van der Waals surface area contributed by atoms with Crippen LogP contribution in [0.15, 0.2) is 30.6 Å².